The molecule has 0 N–H and O–H groups in total. The third-order valence-electron chi connectivity index (χ3n) is 1.76. The second-order valence-corrected chi connectivity index (χ2v) is 4.37. The van der Waals surface area contributed by atoms with Crippen molar-refractivity contribution in [2.24, 2.45) is 5.41 Å². The fraction of sp³-hybridized carbons (Fsp3) is 0.727. The third kappa shape index (κ3) is 4.91. The zero-order valence-corrected chi connectivity index (χ0v) is 9.69. The summed E-state index contributed by atoms with van der Waals surface area (Å²) in [6, 6.07) is 0. The van der Waals surface area contributed by atoms with Crippen LogP contribution in [0.25, 0.3) is 0 Å². The number of carbonyl (C=O) groups excluding carboxylic acids is 1. The summed E-state index contributed by atoms with van der Waals surface area (Å²) >= 11 is 0. The van der Waals surface area contributed by atoms with Crippen molar-refractivity contribution < 1.29 is 18.3 Å². The molecule has 2 nitrogen and oxygen atoms in total. The van der Waals surface area contributed by atoms with Crippen LogP contribution in [-0.2, 0) is 9.53 Å². The van der Waals surface area contributed by atoms with Gasteiger partial charge in [0.05, 0.1) is 6.61 Å². The smallest absolute Gasteiger partial charge is 0.369 e. The van der Waals surface area contributed by atoms with Gasteiger partial charge in [0.25, 0.3) is 0 Å². The first kappa shape index (κ1) is 14.1. The first-order chi connectivity index (χ1) is 6.80. The molecule has 0 atom stereocenters. The molecule has 0 fully saturated rings. The molecular weight excluding hydrogens is 202 g/mol. The Bertz CT molecular complexity index is 252. The van der Waals surface area contributed by atoms with Crippen LogP contribution in [0.15, 0.2) is 11.7 Å². The second-order valence-electron chi connectivity index (χ2n) is 4.37. The minimum absolute atomic E-state index is 0.125. The van der Waals surface area contributed by atoms with Gasteiger partial charge in [-0.15, -0.1) is 0 Å². The molecule has 0 bridgehead atoms. The fourth-order valence-corrected chi connectivity index (χ4v) is 0.791. The number of allylic oxidation sites excluding steroid dienone is 1. The van der Waals surface area contributed by atoms with E-state index in [0.717, 1.165) is 6.42 Å². The quantitative estimate of drug-likeness (QED) is 0.411. The van der Waals surface area contributed by atoms with Gasteiger partial charge in [0.2, 0.25) is 5.83 Å². The molecule has 0 heterocycles. The van der Waals surface area contributed by atoms with Crippen molar-refractivity contribution in [1.82, 2.24) is 0 Å². The van der Waals surface area contributed by atoms with Gasteiger partial charge in [-0.1, -0.05) is 34.1 Å². The van der Waals surface area contributed by atoms with Crippen LogP contribution in [0.1, 0.15) is 40.5 Å². The van der Waals surface area contributed by atoms with E-state index >= 15 is 0 Å². The molecule has 0 aliphatic rings. The molecule has 0 saturated carbocycles. The molecule has 0 amide bonds. The van der Waals surface area contributed by atoms with Crippen LogP contribution in [0.3, 0.4) is 0 Å². The van der Waals surface area contributed by atoms with Gasteiger partial charge in [0.15, 0.2) is 0 Å². The van der Waals surface area contributed by atoms with Crippen LogP contribution in [-0.4, -0.2) is 12.6 Å². The lowest BCUT2D eigenvalue weighted by Gasteiger charge is -2.15. The molecule has 0 aliphatic heterocycles. The number of ether oxygens (including phenoxy) is 1. The van der Waals surface area contributed by atoms with E-state index in [2.05, 4.69) is 4.74 Å². The molecule has 0 aliphatic carbocycles. The summed E-state index contributed by atoms with van der Waals surface area (Å²) in [4.78, 5) is 11.0. The summed E-state index contributed by atoms with van der Waals surface area (Å²) in [5.74, 6) is -3.70. The molecular formula is C11H18F2O2. The van der Waals surface area contributed by atoms with Gasteiger partial charge in [-0.2, -0.15) is 4.39 Å². The predicted molar refractivity (Wildman–Crippen MR) is 54.6 cm³/mol. The van der Waals surface area contributed by atoms with Crippen molar-refractivity contribution in [3.05, 3.63) is 11.7 Å². The molecule has 88 valence electrons. The maximum atomic E-state index is 13.3. The molecule has 0 radical (unpaired) electrons. The maximum Gasteiger partial charge on any atom is 0.369 e. The molecule has 0 spiro atoms. The molecule has 0 aromatic rings. The Hall–Kier alpha value is -0.930. The second kappa shape index (κ2) is 5.83. The van der Waals surface area contributed by atoms with Crippen LogP contribution < -0.4 is 0 Å². The van der Waals surface area contributed by atoms with Crippen LogP contribution in [0, 0.1) is 5.41 Å². The number of esters is 1. The lowest BCUT2D eigenvalue weighted by molar-refractivity contribution is -0.141. The highest BCUT2D eigenvalue weighted by molar-refractivity contribution is 5.86. The minimum Gasteiger partial charge on any atom is -0.460 e. The normalized spacial score (nSPS) is 13.5. The van der Waals surface area contributed by atoms with Crippen LogP contribution in [0.2, 0.25) is 0 Å². The van der Waals surface area contributed by atoms with Crippen molar-refractivity contribution in [2.75, 3.05) is 6.61 Å². The van der Waals surface area contributed by atoms with E-state index in [1.807, 2.05) is 6.92 Å². The molecule has 0 aromatic heterocycles. The van der Waals surface area contributed by atoms with Gasteiger partial charge in [-0.3, -0.25) is 0 Å². The van der Waals surface area contributed by atoms with Crippen LogP contribution in [0.4, 0.5) is 8.78 Å². The molecule has 4 heteroatoms. The van der Waals surface area contributed by atoms with Gasteiger partial charge in [-0.05, 0) is 6.42 Å². The zero-order valence-electron chi connectivity index (χ0n) is 9.69. The predicted octanol–water partition coefficient (Wildman–Crippen LogP) is 3.53. The molecule has 0 rings (SSSR count). The van der Waals surface area contributed by atoms with Crippen molar-refractivity contribution in [3.63, 3.8) is 0 Å². The molecule has 15 heavy (non-hydrogen) atoms. The van der Waals surface area contributed by atoms with E-state index in [4.69, 9.17) is 0 Å². The van der Waals surface area contributed by atoms with E-state index < -0.39 is 23.0 Å². The lowest BCUT2D eigenvalue weighted by atomic mass is 9.94. The molecule has 0 unspecified atom stereocenters. The summed E-state index contributed by atoms with van der Waals surface area (Å²) in [5, 5.41) is 0. The maximum absolute atomic E-state index is 13.3. The van der Waals surface area contributed by atoms with Crippen molar-refractivity contribution >= 4 is 5.97 Å². The van der Waals surface area contributed by atoms with E-state index in [1.165, 1.54) is 20.8 Å². The highest BCUT2D eigenvalue weighted by Gasteiger charge is 2.26. The van der Waals surface area contributed by atoms with E-state index in [0.29, 0.717) is 6.42 Å². The Labute approximate surface area is 89.3 Å². The third-order valence-corrected chi connectivity index (χ3v) is 1.76. The number of rotatable bonds is 4. The van der Waals surface area contributed by atoms with Gasteiger partial charge < -0.3 is 4.74 Å². The van der Waals surface area contributed by atoms with Crippen molar-refractivity contribution in [1.29, 1.82) is 0 Å². The largest absolute Gasteiger partial charge is 0.460 e. The Morgan fingerprint density at radius 1 is 1.27 bits per heavy atom. The summed E-state index contributed by atoms with van der Waals surface area (Å²) in [7, 11) is 0. The molecule has 0 aromatic carbocycles. The molecule has 0 saturated heterocycles. The van der Waals surface area contributed by atoms with E-state index in [1.54, 1.807) is 0 Å². The Kier molecular flexibility index (Phi) is 5.47. The summed E-state index contributed by atoms with van der Waals surface area (Å²) in [6.07, 6.45) is 1.48. The van der Waals surface area contributed by atoms with E-state index in [9.17, 15) is 13.6 Å². The standard InChI is InChI=1S/C11H18F2O2/c1-5-6-7-15-10(14)8(12)9(13)11(2,3)4/h5-7H2,1-4H3/b9-8+. The summed E-state index contributed by atoms with van der Waals surface area (Å²) in [6.45, 7) is 6.50. The first-order valence-electron chi connectivity index (χ1n) is 5.03. The Balaban J connectivity index is 4.43. The van der Waals surface area contributed by atoms with Gasteiger partial charge in [0, 0.05) is 5.41 Å². The summed E-state index contributed by atoms with van der Waals surface area (Å²) < 4.78 is 31.0. The van der Waals surface area contributed by atoms with Crippen LogP contribution >= 0.6 is 0 Å². The number of unbranched alkanes of at least 4 members (excludes halogenated alkanes) is 1. The average Bonchev–Trinajstić information content (AvgIpc) is 2.14. The topological polar surface area (TPSA) is 26.3 Å². The van der Waals surface area contributed by atoms with Crippen LogP contribution in [0.5, 0.6) is 0 Å². The number of halogens is 2. The summed E-state index contributed by atoms with van der Waals surface area (Å²) in [5.41, 5.74) is -1.01. The highest BCUT2D eigenvalue weighted by Crippen LogP contribution is 2.30. The first-order valence-corrected chi connectivity index (χ1v) is 5.03. The van der Waals surface area contributed by atoms with Crippen molar-refractivity contribution in [3.8, 4) is 0 Å². The average molecular weight is 220 g/mol. The zero-order chi connectivity index (χ0) is 12.1. The lowest BCUT2D eigenvalue weighted by Crippen LogP contribution is -2.14. The highest BCUT2D eigenvalue weighted by atomic mass is 19.2. The van der Waals surface area contributed by atoms with Crippen molar-refractivity contribution in [2.45, 2.75) is 40.5 Å². The Morgan fingerprint density at radius 2 is 1.80 bits per heavy atom. The number of hydrogen-bond acceptors (Lipinski definition) is 2. The van der Waals surface area contributed by atoms with Gasteiger partial charge in [-0.25, -0.2) is 9.18 Å². The Morgan fingerprint density at radius 3 is 2.20 bits per heavy atom. The van der Waals surface area contributed by atoms with E-state index in [-0.39, 0.29) is 6.61 Å². The number of carbonyl (C=O) groups is 1. The minimum atomic E-state index is -1.42. The van der Waals surface area contributed by atoms with Gasteiger partial charge >= 0.3 is 5.97 Å². The number of hydrogen-bond donors (Lipinski definition) is 0. The monoisotopic (exact) mass is 220 g/mol. The van der Waals surface area contributed by atoms with Gasteiger partial charge in [0.1, 0.15) is 5.83 Å². The SMILES string of the molecule is CCCCOC(=O)/C(F)=C(\F)C(C)(C)C. The fourth-order valence-electron chi connectivity index (χ4n) is 0.791.